The van der Waals surface area contributed by atoms with Crippen molar-refractivity contribution in [1.29, 1.82) is 0 Å². The number of rotatable bonds is 2. The van der Waals surface area contributed by atoms with E-state index in [1.807, 2.05) is 36.4 Å². The molecule has 2 aliphatic heterocycles. The molecule has 4 rings (SSSR count). The highest BCUT2D eigenvalue weighted by Crippen LogP contribution is 2.38. The van der Waals surface area contributed by atoms with Gasteiger partial charge in [-0.3, -0.25) is 0 Å². The Hall–Kier alpha value is -1.64. The molecule has 2 saturated heterocycles. The molecule has 2 aromatic rings. The topological polar surface area (TPSA) is 25.1 Å². The number of epoxide rings is 2. The number of ether oxygens (including phenoxy) is 2. The van der Waals surface area contributed by atoms with Gasteiger partial charge in [-0.2, -0.15) is 0 Å². The fraction of sp³-hybridized carbons (Fsp3) is 0.333. The zero-order valence-corrected chi connectivity index (χ0v) is 11.9. The Morgan fingerprint density at radius 3 is 1.15 bits per heavy atom. The van der Waals surface area contributed by atoms with Gasteiger partial charge < -0.3 is 9.47 Å². The zero-order chi connectivity index (χ0) is 13.9. The lowest BCUT2D eigenvalue weighted by Gasteiger charge is -1.90. The Kier molecular flexibility index (Phi) is 3.86. The monoisotopic (exact) mass is 268 g/mol. The van der Waals surface area contributed by atoms with Crippen LogP contribution in [0.3, 0.4) is 0 Å². The van der Waals surface area contributed by atoms with Crippen LogP contribution in [0, 0.1) is 0 Å². The molecule has 0 unspecified atom stereocenters. The van der Waals surface area contributed by atoms with Crippen molar-refractivity contribution in [3.63, 3.8) is 0 Å². The van der Waals surface area contributed by atoms with Crippen LogP contribution in [-0.4, -0.2) is 12.2 Å². The second kappa shape index (κ2) is 5.78. The average Bonchev–Trinajstić information content (AvgIpc) is 3.40. The molecular weight excluding hydrogens is 248 g/mol. The summed E-state index contributed by atoms with van der Waals surface area (Å²) in [4.78, 5) is 0. The minimum Gasteiger partial charge on any atom is -0.365 e. The fourth-order valence-corrected chi connectivity index (χ4v) is 2.36. The van der Waals surface area contributed by atoms with Gasteiger partial charge in [0.05, 0.1) is 12.2 Å². The van der Waals surface area contributed by atoms with Crippen LogP contribution in [-0.2, 0) is 9.47 Å². The molecule has 4 atom stereocenters. The molecule has 20 heavy (non-hydrogen) atoms. The summed E-state index contributed by atoms with van der Waals surface area (Å²) in [5.74, 6) is 0. The van der Waals surface area contributed by atoms with Crippen molar-refractivity contribution in [3.05, 3.63) is 71.8 Å². The van der Waals surface area contributed by atoms with Crippen molar-refractivity contribution in [1.82, 2.24) is 0 Å². The van der Waals surface area contributed by atoms with E-state index >= 15 is 0 Å². The predicted octanol–water partition coefficient (Wildman–Crippen LogP) is 4.29. The normalized spacial score (nSPS) is 30.1. The van der Waals surface area contributed by atoms with E-state index in [0.29, 0.717) is 24.4 Å². The maximum atomic E-state index is 5.30. The number of benzene rings is 2. The van der Waals surface area contributed by atoms with E-state index in [-0.39, 0.29) is 0 Å². The highest BCUT2D eigenvalue weighted by atomic mass is 16.6. The third kappa shape index (κ3) is 3.27. The van der Waals surface area contributed by atoms with E-state index in [0.717, 1.165) is 0 Å². The Labute approximate surface area is 120 Å². The van der Waals surface area contributed by atoms with Crippen molar-refractivity contribution in [3.8, 4) is 0 Å². The minimum absolute atomic E-state index is 0.376. The van der Waals surface area contributed by atoms with E-state index in [1.165, 1.54) is 11.1 Å². The second-order valence-corrected chi connectivity index (χ2v) is 5.34. The molecule has 0 N–H and O–H groups in total. The van der Waals surface area contributed by atoms with E-state index in [4.69, 9.17) is 9.47 Å². The van der Waals surface area contributed by atoms with Crippen LogP contribution >= 0.6 is 0 Å². The molecule has 0 radical (unpaired) electrons. The molecule has 0 spiro atoms. The van der Waals surface area contributed by atoms with Crippen LogP contribution in [0.2, 0.25) is 0 Å². The third-order valence-corrected chi connectivity index (χ3v) is 3.68. The van der Waals surface area contributed by atoms with E-state index in [2.05, 4.69) is 38.1 Å². The molecular formula is C18H20O2. The molecule has 0 aliphatic carbocycles. The lowest BCUT2D eigenvalue weighted by Crippen LogP contribution is -1.80. The number of hydrogen-bond acceptors (Lipinski definition) is 2. The minimum atomic E-state index is 0.376. The average molecular weight is 268 g/mol. The fourth-order valence-electron chi connectivity index (χ4n) is 2.36. The molecule has 104 valence electrons. The van der Waals surface area contributed by atoms with E-state index in [1.54, 1.807) is 0 Å². The highest BCUT2D eigenvalue weighted by Gasteiger charge is 2.35. The summed E-state index contributed by atoms with van der Waals surface area (Å²) in [5.41, 5.74) is 2.60. The van der Waals surface area contributed by atoms with E-state index < -0.39 is 0 Å². The SMILES string of the molecule is C[C@@H]1O[C@H]1c1ccccc1.C[C@H]1O[C@@H]1c1ccccc1. The first-order valence-electron chi connectivity index (χ1n) is 7.16. The van der Waals surface area contributed by atoms with Crippen molar-refractivity contribution in [2.75, 3.05) is 0 Å². The van der Waals surface area contributed by atoms with Gasteiger partial charge in [0.15, 0.2) is 0 Å². The van der Waals surface area contributed by atoms with Crippen molar-refractivity contribution in [2.24, 2.45) is 0 Å². The molecule has 2 fully saturated rings. The number of hydrogen-bond donors (Lipinski definition) is 0. The van der Waals surface area contributed by atoms with Gasteiger partial charge in [-0.05, 0) is 25.0 Å². The lowest BCUT2D eigenvalue weighted by molar-refractivity contribution is 0.383. The van der Waals surface area contributed by atoms with Crippen molar-refractivity contribution < 1.29 is 9.47 Å². The summed E-state index contributed by atoms with van der Waals surface area (Å²) in [5, 5.41) is 0. The Balaban J connectivity index is 0.000000121. The summed E-state index contributed by atoms with van der Waals surface area (Å²) in [6, 6.07) is 20.7. The first kappa shape index (κ1) is 13.3. The standard InChI is InChI=1S/2C9H10O/c2*1-7-9(10-7)8-5-3-2-4-6-8/h2*2-7,9H,1H3/t2*7-,9+/m10/s1. The van der Waals surface area contributed by atoms with E-state index in [9.17, 15) is 0 Å². The van der Waals surface area contributed by atoms with Gasteiger partial charge >= 0.3 is 0 Å². The molecule has 2 heterocycles. The maximum Gasteiger partial charge on any atom is 0.109 e. The van der Waals surface area contributed by atoms with Gasteiger partial charge in [-0.25, -0.2) is 0 Å². The van der Waals surface area contributed by atoms with Gasteiger partial charge in [-0.1, -0.05) is 60.7 Å². The zero-order valence-electron chi connectivity index (χ0n) is 11.9. The smallest absolute Gasteiger partial charge is 0.109 e. The second-order valence-electron chi connectivity index (χ2n) is 5.34. The summed E-state index contributed by atoms with van der Waals surface area (Å²) in [6.45, 7) is 4.19. The van der Waals surface area contributed by atoms with Crippen LogP contribution in [0.5, 0.6) is 0 Å². The Bertz CT molecular complexity index is 486. The molecule has 0 saturated carbocycles. The quantitative estimate of drug-likeness (QED) is 0.759. The van der Waals surface area contributed by atoms with Crippen LogP contribution in [0.4, 0.5) is 0 Å². The highest BCUT2D eigenvalue weighted by molar-refractivity contribution is 5.22. The van der Waals surface area contributed by atoms with Crippen LogP contribution < -0.4 is 0 Å². The largest absolute Gasteiger partial charge is 0.365 e. The van der Waals surface area contributed by atoms with Crippen LogP contribution in [0.15, 0.2) is 60.7 Å². The molecule has 0 bridgehead atoms. The van der Waals surface area contributed by atoms with Gasteiger partial charge in [0.25, 0.3) is 0 Å². The summed E-state index contributed by atoms with van der Waals surface area (Å²) >= 11 is 0. The predicted molar refractivity (Wildman–Crippen MR) is 79.5 cm³/mol. The van der Waals surface area contributed by atoms with Crippen LogP contribution in [0.1, 0.15) is 37.2 Å². The van der Waals surface area contributed by atoms with Gasteiger partial charge in [0.2, 0.25) is 0 Å². The first-order valence-corrected chi connectivity index (χ1v) is 7.16. The summed E-state index contributed by atoms with van der Waals surface area (Å²) in [6.07, 6.45) is 1.62. The molecule has 2 aliphatic rings. The molecule has 0 amide bonds. The lowest BCUT2D eigenvalue weighted by atomic mass is 10.1. The van der Waals surface area contributed by atoms with Gasteiger partial charge in [-0.15, -0.1) is 0 Å². The summed E-state index contributed by atoms with van der Waals surface area (Å²) in [7, 11) is 0. The molecule has 0 aromatic heterocycles. The Morgan fingerprint density at radius 2 is 0.900 bits per heavy atom. The van der Waals surface area contributed by atoms with Crippen LogP contribution in [0.25, 0.3) is 0 Å². The summed E-state index contributed by atoms with van der Waals surface area (Å²) < 4.78 is 10.6. The van der Waals surface area contributed by atoms with Gasteiger partial charge in [0, 0.05) is 0 Å². The Morgan fingerprint density at radius 1 is 0.600 bits per heavy atom. The molecule has 2 nitrogen and oxygen atoms in total. The third-order valence-electron chi connectivity index (χ3n) is 3.68. The first-order chi connectivity index (χ1) is 9.75. The molecule has 2 aromatic carbocycles. The van der Waals surface area contributed by atoms with Crippen molar-refractivity contribution in [2.45, 2.75) is 38.3 Å². The van der Waals surface area contributed by atoms with Crippen molar-refractivity contribution >= 4 is 0 Å². The maximum absolute atomic E-state index is 5.30. The molecule has 2 heteroatoms. The van der Waals surface area contributed by atoms with Gasteiger partial charge in [0.1, 0.15) is 12.2 Å².